The van der Waals surface area contributed by atoms with Crippen LogP contribution in [0.5, 0.6) is 0 Å². The van der Waals surface area contributed by atoms with Gasteiger partial charge in [-0.2, -0.15) is 0 Å². The Hall–Kier alpha value is -1.30. The Kier molecular flexibility index (Phi) is 7.74. The van der Waals surface area contributed by atoms with Crippen LogP contribution in [0.1, 0.15) is 25.7 Å². The zero-order valence-electron chi connectivity index (χ0n) is 15.1. The average molecular weight is 400 g/mol. The Bertz CT molecular complexity index is 633. The van der Waals surface area contributed by atoms with Crippen LogP contribution in [-0.4, -0.2) is 49.9 Å². The highest BCUT2D eigenvalue weighted by molar-refractivity contribution is 6.31. The smallest absolute Gasteiger partial charge is 0.239 e. The van der Waals surface area contributed by atoms with E-state index in [1.807, 2.05) is 24.1 Å². The molecule has 2 saturated heterocycles. The molecule has 2 heterocycles. The fourth-order valence-electron chi connectivity index (χ4n) is 3.82. The zero-order valence-corrected chi connectivity index (χ0v) is 16.7. The summed E-state index contributed by atoms with van der Waals surface area (Å²) in [5.74, 6) is 0.0535. The van der Waals surface area contributed by atoms with Gasteiger partial charge in [-0.3, -0.25) is 9.59 Å². The van der Waals surface area contributed by atoms with Gasteiger partial charge < -0.3 is 15.1 Å². The molecule has 0 bridgehead atoms. The Morgan fingerprint density at radius 3 is 2.62 bits per heavy atom. The molecular formula is C19H27Cl2N3O2. The van der Waals surface area contributed by atoms with Crippen molar-refractivity contribution in [3.8, 4) is 0 Å². The van der Waals surface area contributed by atoms with Crippen LogP contribution < -0.4 is 10.2 Å². The molecule has 0 aliphatic carbocycles. The number of piperidine rings is 1. The van der Waals surface area contributed by atoms with E-state index in [4.69, 9.17) is 11.6 Å². The summed E-state index contributed by atoms with van der Waals surface area (Å²) >= 11 is 6.02. The van der Waals surface area contributed by atoms with Crippen molar-refractivity contribution in [2.45, 2.75) is 25.7 Å². The number of rotatable bonds is 5. The van der Waals surface area contributed by atoms with Gasteiger partial charge >= 0.3 is 0 Å². The molecule has 0 saturated carbocycles. The fraction of sp³-hybridized carbons (Fsp3) is 0.579. The molecule has 0 radical (unpaired) electrons. The Morgan fingerprint density at radius 2 is 1.96 bits per heavy atom. The number of amides is 2. The molecule has 0 aromatic heterocycles. The van der Waals surface area contributed by atoms with Gasteiger partial charge in [0, 0.05) is 30.3 Å². The lowest BCUT2D eigenvalue weighted by molar-refractivity contribution is -0.141. The predicted molar refractivity (Wildman–Crippen MR) is 107 cm³/mol. The van der Waals surface area contributed by atoms with Crippen molar-refractivity contribution in [3.05, 3.63) is 29.3 Å². The standard InChI is InChI=1S/C19H26ClN3O2.ClH/c1-21-9-5-14-6-10-22(11-7-14)18(24)17-8-12-23(19(17)25)16-4-2-3-15(20)13-16;/h2-4,13-14,17,21H,5-12H2,1H3;1H. The van der Waals surface area contributed by atoms with Crippen LogP contribution in [0.3, 0.4) is 0 Å². The maximum Gasteiger partial charge on any atom is 0.239 e. The molecule has 1 N–H and O–H groups in total. The topological polar surface area (TPSA) is 52.7 Å². The number of nitrogens with one attached hydrogen (secondary N) is 1. The van der Waals surface area contributed by atoms with Crippen molar-refractivity contribution in [1.29, 1.82) is 0 Å². The van der Waals surface area contributed by atoms with E-state index in [0.717, 1.165) is 44.6 Å². The highest BCUT2D eigenvalue weighted by atomic mass is 35.5. The number of anilines is 1. The number of hydrogen-bond donors (Lipinski definition) is 1. The predicted octanol–water partition coefficient (Wildman–Crippen LogP) is 2.96. The van der Waals surface area contributed by atoms with Crippen LogP contribution >= 0.6 is 24.0 Å². The molecule has 1 aromatic rings. The molecule has 26 heavy (non-hydrogen) atoms. The first-order valence-electron chi connectivity index (χ1n) is 9.10. The molecule has 144 valence electrons. The van der Waals surface area contributed by atoms with Gasteiger partial charge in [-0.05, 0) is 63.4 Å². The molecule has 1 aromatic carbocycles. The van der Waals surface area contributed by atoms with Crippen LogP contribution in [0.25, 0.3) is 0 Å². The largest absolute Gasteiger partial charge is 0.342 e. The minimum Gasteiger partial charge on any atom is -0.342 e. The highest BCUT2D eigenvalue weighted by Crippen LogP contribution is 2.29. The molecule has 2 fully saturated rings. The number of carbonyl (C=O) groups excluding carboxylic acids is 2. The quantitative estimate of drug-likeness (QED) is 0.774. The number of likely N-dealkylation sites (tertiary alicyclic amines) is 1. The van der Waals surface area contributed by atoms with E-state index < -0.39 is 5.92 Å². The summed E-state index contributed by atoms with van der Waals surface area (Å²) in [5, 5.41) is 3.78. The second-order valence-corrected chi connectivity index (χ2v) is 7.41. The third-order valence-electron chi connectivity index (χ3n) is 5.35. The molecule has 2 aliphatic rings. The van der Waals surface area contributed by atoms with Crippen LogP contribution in [0.2, 0.25) is 5.02 Å². The van der Waals surface area contributed by atoms with Crippen LogP contribution in [0, 0.1) is 11.8 Å². The number of carbonyl (C=O) groups is 2. The SMILES string of the molecule is CNCCC1CCN(C(=O)C2CCN(c3cccc(Cl)c3)C2=O)CC1.Cl. The molecule has 3 rings (SSSR count). The fourth-order valence-corrected chi connectivity index (χ4v) is 4.00. The normalized spacial score (nSPS) is 21.0. The lowest BCUT2D eigenvalue weighted by atomic mass is 9.92. The number of benzene rings is 1. The minimum atomic E-state index is -0.534. The summed E-state index contributed by atoms with van der Waals surface area (Å²) in [6, 6.07) is 7.26. The van der Waals surface area contributed by atoms with Gasteiger partial charge in [0.1, 0.15) is 5.92 Å². The van der Waals surface area contributed by atoms with Crippen molar-refractivity contribution in [1.82, 2.24) is 10.2 Å². The van der Waals surface area contributed by atoms with Crippen molar-refractivity contribution in [2.24, 2.45) is 11.8 Å². The van der Waals surface area contributed by atoms with E-state index >= 15 is 0 Å². The van der Waals surface area contributed by atoms with E-state index in [9.17, 15) is 9.59 Å². The summed E-state index contributed by atoms with van der Waals surface area (Å²) in [7, 11) is 1.97. The molecule has 2 aliphatic heterocycles. The molecule has 7 heteroatoms. The van der Waals surface area contributed by atoms with E-state index in [1.54, 1.807) is 17.0 Å². The maximum atomic E-state index is 12.8. The second-order valence-electron chi connectivity index (χ2n) is 6.97. The molecule has 2 amide bonds. The summed E-state index contributed by atoms with van der Waals surface area (Å²) in [6.45, 7) is 3.14. The first-order chi connectivity index (χ1) is 12.1. The zero-order chi connectivity index (χ0) is 17.8. The van der Waals surface area contributed by atoms with Gasteiger partial charge in [-0.1, -0.05) is 17.7 Å². The first kappa shape index (κ1) is 21.0. The lowest BCUT2D eigenvalue weighted by Crippen LogP contribution is -2.44. The van der Waals surface area contributed by atoms with Gasteiger partial charge in [0.05, 0.1) is 0 Å². The van der Waals surface area contributed by atoms with E-state index in [-0.39, 0.29) is 24.2 Å². The van der Waals surface area contributed by atoms with Gasteiger partial charge in [-0.15, -0.1) is 12.4 Å². The molecule has 1 atom stereocenters. The summed E-state index contributed by atoms with van der Waals surface area (Å²) in [5.41, 5.74) is 0.776. The molecular weight excluding hydrogens is 373 g/mol. The van der Waals surface area contributed by atoms with Gasteiger partial charge in [-0.25, -0.2) is 0 Å². The van der Waals surface area contributed by atoms with Crippen molar-refractivity contribution in [3.63, 3.8) is 0 Å². The second kappa shape index (κ2) is 9.58. The molecule has 1 unspecified atom stereocenters. The van der Waals surface area contributed by atoms with Crippen LogP contribution in [-0.2, 0) is 9.59 Å². The third kappa shape index (κ3) is 4.70. The first-order valence-corrected chi connectivity index (χ1v) is 9.48. The Labute approximate surface area is 166 Å². The van der Waals surface area contributed by atoms with Crippen LogP contribution in [0.15, 0.2) is 24.3 Å². The van der Waals surface area contributed by atoms with Crippen molar-refractivity contribution in [2.75, 3.05) is 38.1 Å². The number of halogens is 2. The maximum absolute atomic E-state index is 12.8. The third-order valence-corrected chi connectivity index (χ3v) is 5.59. The summed E-state index contributed by atoms with van der Waals surface area (Å²) in [4.78, 5) is 29.1. The summed E-state index contributed by atoms with van der Waals surface area (Å²) < 4.78 is 0. The number of hydrogen-bond acceptors (Lipinski definition) is 3. The monoisotopic (exact) mass is 399 g/mol. The van der Waals surface area contributed by atoms with E-state index in [1.165, 1.54) is 0 Å². The molecule has 5 nitrogen and oxygen atoms in total. The Morgan fingerprint density at radius 1 is 1.23 bits per heavy atom. The van der Waals surface area contributed by atoms with Crippen molar-refractivity contribution >= 4 is 41.5 Å². The number of nitrogens with zero attached hydrogens (tertiary/aromatic N) is 2. The van der Waals surface area contributed by atoms with E-state index in [0.29, 0.717) is 23.9 Å². The minimum absolute atomic E-state index is 0. The van der Waals surface area contributed by atoms with E-state index in [2.05, 4.69) is 5.32 Å². The summed E-state index contributed by atoms with van der Waals surface area (Å²) in [6.07, 6.45) is 3.81. The van der Waals surface area contributed by atoms with Gasteiger partial charge in [0.15, 0.2) is 0 Å². The van der Waals surface area contributed by atoms with Crippen molar-refractivity contribution < 1.29 is 9.59 Å². The van der Waals surface area contributed by atoms with Crippen LogP contribution in [0.4, 0.5) is 5.69 Å². The highest BCUT2D eigenvalue weighted by Gasteiger charge is 2.40. The Balaban J connectivity index is 0.00000243. The van der Waals surface area contributed by atoms with Gasteiger partial charge in [0.25, 0.3) is 0 Å². The molecule has 0 spiro atoms. The average Bonchev–Trinajstić information content (AvgIpc) is 3.01. The van der Waals surface area contributed by atoms with Gasteiger partial charge in [0.2, 0.25) is 11.8 Å². The lowest BCUT2D eigenvalue weighted by Gasteiger charge is -2.33.